The van der Waals surface area contributed by atoms with Gasteiger partial charge in [-0.25, -0.2) is 0 Å². The largest absolute Gasteiger partial charge is 0.673 e. The van der Waals surface area contributed by atoms with E-state index in [-0.39, 0.29) is 0 Å². The van der Waals surface area contributed by atoms with Crippen molar-refractivity contribution in [1.82, 2.24) is 0 Å². The lowest BCUT2D eigenvalue weighted by molar-refractivity contribution is -0.916. The molecule has 29 heavy (non-hydrogen) atoms. The fourth-order valence-corrected chi connectivity index (χ4v) is 1.54. The molecule has 0 unspecified atom stereocenters. The fourth-order valence-electron chi connectivity index (χ4n) is 1.54. The zero-order valence-corrected chi connectivity index (χ0v) is 15.1. The van der Waals surface area contributed by atoms with Crippen molar-refractivity contribution >= 4 is 21.8 Å². The van der Waals surface area contributed by atoms with Crippen LogP contribution < -0.4 is 0 Å². The predicted octanol–water partition coefficient (Wildman–Crippen LogP) is 6.30. The van der Waals surface area contributed by atoms with Crippen LogP contribution in [0.5, 0.6) is 0 Å². The molecular weight excluding hydrogens is 456 g/mol. The highest BCUT2D eigenvalue weighted by molar-refractivity contribution is 6.50. The first-order valence-corrected chi connectivity index (χ1v) is 7.45. The van der Waals surface area contributed by atoms with Gasteiger partial charge in [0.25, 0.3) is 0 Å². The van der Waals surface area contributed by atoms with E-state index in [2.05, 4.69) is 14.0 Å². The summed E-state index contributed by atoms with van der Waals surface area (Å²) in [7, 11) is -15.7. The quantitative estimate of drug-likeness (QED) is 0.265. The van der Waals surface area contributed by atoms with Gasteiger partial charge in [0.15, 0.2) is 6.73 Å². The van der Waals surface area contributed by atoms with Crippen LogP contribution in [-0.4, -0.2) is 66.4 Å². The van der Waals surface area contributed by atoms with Crippen LogP contribution in [0.3, 0.4) is 0 Å². The number of ether oxygens (including phenoxy) is 1. The van der Waals surface area contributed by atoms with Crippen LogP contribution in [0.1, 0.15) is 19.8 Å². The van der Waals surface area contributed by atoms with E-state index < -0.39 is 28.4 Å². The summed E-state index contributed by atoms with van der Waals surface area (Å²) in [5.74, 6) is 0. The highest BCUT2D eigenvalue weighted by Crippen LogP contribution is 2.15. The molecule has 0 aromatic carbocycles. The van der Waals surface area contributed by atoms with Crippen LogP contribution >= 0.6 is 0 Å². The highest BCUT2D eigenvalue weighted by atomic mass is 19.5. The third kappa shape index (κ3) is 99.6. The van der Waals surface area contributed by atoms with Gasteiger partial charge >= 0.3 is 28.4 Å². The minimum absolute atomic E-state index is 0.855. The van der Waals surface area contributed by atoms with Crippen molar-refractivity contribution < 1.29 is 74.2 Å². The van der Waals surface area contributed by atoms with Crippen LogP contribution in [0.15, 0.2) is 0 Å². The Morgan fingerprint density at radius 3 is 1.07 bits per heavy atom. The summed E-state index contributed by atoms with van der Waals surface area (Å²) in [5.41, 5.74) is 0. The van der Waals surface area contributed by atoms with Gasteiger partial charge in [0.1, 0.15) is 0 Å². The molecule has 0 amide bonds. The Morgan fingerprint density at radius 2 is 0.897 bits per heavy atom. The Bertz CT molecular complexity index is 307. The van der Waals surface area contributed by atoms with Crippen molar-refractivity contribution in [2.24, 2.45) is 0 Å². The molecule has 1 saturated heterocycles. The number of rotatable bonds is 3. The molecule has 0 atom stereocenters. The molecule has 1 aliphatic rings. The number of alkyl halides is 3. The minimum Gasteiger partial charge on any atom is -0.418 e. The summed E-state index contributed by atoms with van der Waals surface area (Å²) in [5, 5.41) is 0. The molecule has 1 fully saturated rings. The Labute approximate surface area is 157 Å². The molecule has 0 aromatic heterocycles. The first-order valence-electron chi connectivity index (χ1n) is 7.45. The molecule has 0 spiro atoms. The van der Waals surface area contributed by atoms with E-state index in [1.54, 1.807) is 0 Å². The lowest BCUT2D eigenvalue weighted by atomic mass is 10.3. The van der Waals surface area contributed by atoms with E-state index in [0.29, 0.717) is 0 Å². The van der Waals surface area contributed by atoms with Gasteiger partial charge < -0.3 is 61.0 Å². The standard InChI is InChI=1S/C8H18NO.CHF3.3BF4/c1-3-10-8-9(2)6-4-5-7-9;2-1(3)4;3*2-1(3,4)5/h3-8H2,1-2H3;1H;;;/q+1;;3*-1. The van der Waals surface area contributed by atoms with Crippen molar-refractivity contribution in [1.29, 1.82) is 0 Å². The number of nitrogens with zero attached hydrogens (tertiary/aromatic N) is 1. The average Bonchev–Trinajstić information content (AvgIpc) is 2.77. The molecule has 2 nitrogen and oxygen atoms in total. The van der Waals surface area contributed by atoms with Crippen LogP contribution in [0.2, 0.25) is 0 Å². The predicted molar refractivity (Wildman–Crippen MR) is 79.3 cm³/mol. The molecular formula is C9H19B3F15NO-2. The van der Waals surface area contributed by atoms with E-state index >= 15 is 0 Å². The maximum Gasteiger partial charge on any atom is 0.673 e. The van der Waals surface area contributed by atoms with Crippen molar-refractivity contribution in [2.75, 3.05) is 33.5 Å². The normalized spacial score (nSPS) is 15.5. The molecule has 0 bridgehead atoms. The second-order valence-corrected chi connectivity index (χ2v) is 5.13. The Hall–Kier alpha value is -0.935. The van der Waals surface area contributed by atoms with Gasteiger partial charge in [0, 0.05) is 19.4 Å². The Kier molecular flexibility index (Phi) is 20.6. The SMILES string of the molecule is CCOC[N+]1(C)CCCC1.FC(F)F.F[B-](F)(F)F.F[B-](F)(F)F.F[B-](F)(F)F. The van der Waals surface area contributed by atoms with Crippen molar-refractivity contribution in [3.63, 3.8) is 0 Å². The molecule has 1 heterocycles. The van der Waals surface area contributed by atoms with E-state index in [1.807, 2.05) is 0 Å². The van der Waals surface area contributed by atoms with Gasteiger partial charge in [0.2, 0.25) is 0 Å². The molecule has 0 aliphatic carbocycles. The second kappa shape index (κ2) is 16.8. The number of halogens is 15. The summed E-state index contributed by atoms with van der Waals surface area (Å²) >= 11 is 0. The first-order chi connectivity index (χ1) is 12.5. The van der Waals surface area contributed by atoms with Crippen molar-refractivity contribution in [3.8, 4) is 0 Å². The number of hydrogen-bond acceptors (Lipinski definition) is 1. The number of quaternary nitrogens is 1. The van der Waals surface area contributed by atoms with E-state index in [4.69, 9.17) is 4.74 Å². The molecule has 0 saturated carbocycles. The maximum absolute atomic E-state index is 9.75. The van der Waals surface area contributed by atoms with E-state index in [0.717, 1.165) is 17.8 Å². The topological polar surface area (TPSA) is 9.23 Å². The van der Waals surface area contributed by atoms with Gasteiger partial charge in [-0.05, 0) is 6.92 Å². The third-order valence-corrected chi connectivity index (χ3v) is 2.25. The number of hydrogen-bond donors (Lipinski definition) is 0. The summed E-state index contributed by atoms with van der Waals surface area (Å²) < 4.78 is 153. The molecule has 0 aromatic rings. The number of likely N-dealkylation sites (tertiary alicyclic amines) is 1. The molecule has 1 aliphatic heterocycles. The lowest BCUT2D eigenvalue weighted by Crippen LogP contribution is -2.42. The van der Waals surface area contributed by atoms with E-state index in [9.17, 15) is 65.0 Å². The zero-order valence-electron chi connectivity index (χ0n) is 15.1. The van der Waals surface area contributed by atoms with Crippen molar-refractivity contribution in [2.45, 2.75) is 26.4 Å². The summed E-state index contributed by atoms with van der Waals surface area (Å²) in [6, 6.07) is 0. The molecule has 0 N–H and O–H groups in total. The zero-order chi connectivity index (χ0) is 24.5. The van der Waals surface area contributed by atoms with Crippen LogP contribution in [-0.2, 0) is 4.74 Å². The molecule has 20 heteroatoms. The van der Waals surface area contributed by atoms with Crippen LogP contribution in [0.4, 0.5) is 65.0 Å². The van der Waals surface area contributed by atoms with Gasteiger partial charge in [-0.1, -0.05) is 0 Å². The van der Waals surface area contributed by atoms with Gasteiger partial charge in [0.05, 0.1) is 20.1 Å². The summed E-state index contributed by atoms with van der Waals surface area (Å²) in [4.78, 5) is 0. The monoisotopic (exact) mass is 475 g/mol. The Morgan fingerprint density at radius 1 is 0.690 bits per heavy atom. The van der Waals surface area contributed by atoms with Crippen LogP contribution in [0.25, 0.3) is 0 Å². The second-order valence-electron chi connectivity index (χ2n) is 5.13. The smallest absolute Gasteiger partial charge is 0.418 e. The van der Waals surface area contributed by atoms with Gasteiger partial charge in [-0.15, -0.1) is 0 Å². The fraction of sp³-hybridized carbons (Fsp3) is 1.00. The molecule has 1 rings (SSSR count). The minimum atomic E-state index is -6.00. The van der Waals surface area contributed by atoms with Gasteiger partial charge in [-0.2, -0.15) is 13.2 Å². The van der Waals surface area contributed by atoms with Gasteiger partial charge in [-0.3, -0.25) is 0 Å². The first kappa shape index (κ1) is 35.5. The molecule has 182 valence electrons. The van der Waals surface area contributed by atoms with Crippen molar-refractivity contribution in [3.05, 3.63) is 0 Å². The Balaban J connectivity index is -0.000000143. The summed E-state index contributed by atoms with van der Waals surface area (Å²) in [6.45, 7) is 2.77. The van der Waals surface area contributed by atoms with E-state index in [1.165, 1.54) is 25.9 Å². The maximum atomic E-state index is 9.75. The summed E-state index contributed by atoms with van der Waals surface area (Å²) in [6.07, 6.45) is 2.76. The highest BCUT2D eigenvalue weighted by Gasteiger charge is 2.26. The molecule has 0 radical (unpaired) electrons. The average molecular weight is 475 g/mol. The lowest BCUT2D eigenvalue weighted by Gasteiger charge is -2.27. The van der Waals surface area contributed by atoms with Crippen LogP contribution in [0, 0.1) is 0 Å². The third-order valence-electron chi connectivity index (χ3n) is 2.25.